The number of hydrogen-bond donors (Lipinski definition) is 3. The molecule has 3 N–H and O–H groups in total. The molecular formula is C35H36F2N8O9S2. The van der Waals surface area contributed by atoms with Crippen LogP contribution < -0.4 is 14.8 Å². The Bertz CT molecular complexity index is 2290. The summed E-state index contributed by atoms with van der Waals surface area (Å²) in [5, 5.41) is 30.6. The maximum atomic E-state index is 15.3. The number of esters is 1. The molecule has 1 unspecified atom stereocenters. The average molecular weight is 815 g/mol. The predicted octanol–water partition coefficient (Wildman–Crippen LogP) is 3.59. The molecule has 0 radical (unpaired) electrons. The molecule has 0 bridgehead atoms. The molecule has 3 aromatic heterocycles. The van der Waals surface area contributed by atoms with Crippen molar-refractivity contribution in [1.29, 1.82) is 5.26 Å². The van der Waals surface area contributed by atoms with Crippen molar-refractivity contribution in [2.45, 2.75) is 44.7 Å². The molecule has 21 heteroatoms. The van der Waals surface area contributed by atoms with Crippen molar-refractivity contribution in [3.05, 3.63) is 112 Å². The third-order valence-corrected chi connectivity index (χ3v) is 9.20. The van der Waals surface area contributed by atoms with Gasteiger partial charge in [0, 0.05) is 53.3 Å². The highest BCUT2D eigenvalue weighted by molar-refractivity contribution is 7.79. The quantitative estimate of drug-likeness (QED) is 0.0667. The molecule has 0 aliphatic heterocycles. The number of amides is 1. The number of benzene rings is 2. The topological polar surface area (TPSA) is 237 Å². The van der Waals surface area contributed by atoms with Gasteiger partial charge in [0.15, 0.2) is 0 Å². The first-order chi connectivity index (χ1) is 26.4. The van der Waals surface area contributed by atoms with Gasteiger partial charge in [-0.1, -0.05) is 25.1 Å². The summed E-state index contributed by atoms with van der Waals surface area (Å²) < 4.78 is 76.4. The second-order valence-electron chi connectivity index (χ2n) is 12.1. The van der Waals surface area contributed by atoms with Gasteiger partial charge < -0.3 is 24.4 Å². The fraction of sp³-hybridized carbons (Fsp3) is 0.286. The van der Waals surface area contributed by atoms with Crippen molar-refractivity contribution in [2.75, 3.05) is 25.5 Å². The zero-order chi connectivity index (χ0) is 41.2. The van der Waals surface area contributed by atoms with E-state index in [-0.39, 0.29) is 31.1 Å². The molecule has 5 aromatic rings. The van der Waals surface area contributed by atoms with Crippen molar-refractivity contribution in [3.8, 4) is 17.3 Å². The molecule has 17 nitrogen and oxygen atoms in total. The summed E-state index contributed by atoms with van der Waals surface area (Å²) in [6, 6.07) is 15.1. The average Bonchev–Trinajstić information content (AvgIpc) is 3.84. The number of nitrogens with zero attached hydrogens (tertiary/aromatic N) is 7. The van der Waals surface area contributed by atoms with E-state index >= 15 is 4.39 Å². The van der Waals surface area contributed by atoms with E-state index in [9.17, 15) is 19.1 Å². The zero-order valence-corrected chi connectivity index (χ0v) is 31.9. The number of thiazole rings is 1. The molecule has 3 atom stereocenters. The van der Waals surface area contributed by atoms with E-state index in [1.54, 1.807) is 62.7 Å². The van der Waals surface area contributed by atoms with Gasteiger partial charge in [-0.3, -0.25) is 14.2 Å². The lowest BCUT2D eigenvalue weighted by Gasteiger charge is -2.32. The highest BCUT2D eigenvalue weighted by atomic mass is 32.3. The number of nitrogens with one attached hydrogen (secondary N) is 1. The van der Waals surface area contributed by atoms with E-state index in [2.05, 4.69) is 21.5 Å². The summed E-state index contributed by atoms with van der Waals surface area (Å²) in [6.07, 6.45) is 2.65. The Labute approximate surface area is 324 Å². The number of pyridine rings is 1. The lowest BCUT2D eigenvalue weighted by atomic mass is 9.82. The predicted molar refractivity (Wildman–Crippen MR) is 193 cm³/mol. The number of hydrogen-bond acceptors (Lipinski definition) is 14. The van der Waals surface area contributed by atoms with E-state index in [1.165, 1.54) is 51.4 Å². The molecule has 0 spiro atoms. The number of anilines is 1. The van der Waals surface area contributed by atoms with Gasteiger partial charge in [-0.25, -0.2) is 32.0 Å². The van der Waals surface area contributed by atoms with Crippen LogP contribution in [0.15, 0.2) is 78.8 Å². The Morgan fingerprint density at radius 1 is 1.20 bits per heavy atom. The number of halogens is 2. The van der Waals surface area contributed by atoms with Crippen LogP contribution in [0.5, 0.6) is 0 Å². The normalized spacial score (nSPS) is 13.3. The molecule has 1 amide bonds. The van der Waals surface area contributed by atoms with Crippen LogP contribution in [0.25, 0.3) is 11.3 Å². The van der Waals surface area contributed by atoms with Crippen LogP contribution in [0, 0.1) is 23.0 Å². The minimum atomic E-state index is -4.92. The lowest BCUT2D eigenvalue weighted by molar-refractivity contribution is -0.753. The fourth-order valence-corrected chi connectivity index (χ4v) is 6.22. The van der Waals surface area contributed by atoms with Crippen LogP contribution in [-0.2, 0) is 43.4 Å². The van der Waals surface area contributed by atoms with Crippen LogP contribution in [0.2, 0.25) is 0 Å². The number of carbonyl (C=O) groups is 2. The highest BCUT2D eigenvalue weighted by Gasteiger charge is 2.43. The largest absolute Gasteiger partial charge is 0.726 e. The molecular weight excluding hydrogens is 779 g/mol. The highest BCUT2D eigenvalue weighted by Crippen LogP contribution is 2.41. The first kappa shape index (κ1) is 43.0. The van der Waals surface area contributed by atoms with Crippen LogP contribution in [-0.4, -0.2) is 75.1 Å². The van der Waals surface area contributed by atoms with Crippen molar-refractivity contribution < 1.29 is 55.0 Å². The van der Waals surface area contributed by atoms with Gasteiger partial charge in [-0.15, -0.1) is 16.0 Å². The molecule has 2 aromatic carbocycles. The Morgan fingerprint density at radius 3 is 2.55 bits per heavy atom. The van der Waals surface area contributed by atoms with Crippen molar-refractivity contribution in [2.24, 2.45) is 0 Å². The monoisotopic (exact) mass is 814 g/mol. The van der Waals surface area contributed by atoms with E-state index in [0.29, 0.717) is 21.8 Å². The Hall–Kier alpha value is -5.76. The molecule has 0 aliphatic carbocycles. The number of aliphatic hydroxyl groups is 1. The number of ether oxygens (including phenoxy) is 2. The number of aromatic nitrogens is 5. The van der Waals surface area contributed by atoms with E-state index in [1.807, 2.05) is 0 Å². The Balaban J connectivity index is 0.00000131. The maximum absolute atomic E-state index is 15.3. The van der Waals surface area contributed by atoms with Gasteiger partial charge >= 0.3 is 12.1 Å². The van der Waals surface area contributed by atoms with Gasteiger partial charge in [-0.05, 0) is 43.4 Å². The molecule has 0 saturated carbocycles. The zero-order valence-electron chi connectivity index (χ0n) is 30.2. The number of nitriles is 1. The van der Waals surface area contributed by atoms with E-state index in [0.717, 1.165) is 23.8 Å². The van der Waals surface area contributed by atoms with Crippen molar-refractivity contribution in [1.82, 2.24) is 25.1 Å². The number of likely N-dealkylation sites (N-methyl/N-ethyl adjacent to an activating group) is 1. The third-order valence-electron chi connectivity index (χ3n) is 8.18. The molecule has 0 saturated heterocycles. The molecule has 0 aliphatic rings. The lowest BCUT2D eigenvalue weighted by Crippen LogP contribution is -2.42. The minimum absolute atomic E-state index is 0.0229. The molecule has 3 heterocycles. The standard InChI is InChI=1S/C35H35F2N8O5S.H2O4S/c1-22(33-42-30(18-51-33)25-9-7-24(15-38)8-10-25)35(48,28-14-27(36)11-12-29(28)37)19-45-21-44(20-41-45)23(2)50-34(47)43(4)32-26(6-5-13-40-32)17-49-31(46)16-39-3;1-5(2,3)4/h5-14,18,20-23,39,48H,16-17,19H2,1-4H3;(H2,1,2,3,4)/q+1;/p-1/t22-,23?,35+;/m1./s1. The molecule has 0 fully saturated rings. The van der Waals surface area contributed by atoms with Gasteiger partial charge in [0.05, 0.1) is 28.9 Å². The summed E-state index contributed by atoms with van der Waals surface area (Å²) in [7, 11) is -1.84. The van der Waals surface area contributed by atoms with Gasteiger partial charge in [0.2, 0.25) is 23.0 Å². The SMILES string of the molecule is CNCC(=O)OCc1cccnc1N(C)C(=O)OC(C)[n+]1cnn(C[C@@](O)(c2cc(F)ccc2F)[C@H](C)c2nc(-c3ccc(C#N)cc3)cs2)c1.O=S(=O)([O-])O. The van der Waals surface area contributed by atoms with Crippen LogP contribution >= 0.6 is 11.3 Å². The van der Waals surface area contributed by atoms with Gasteiger partial charge in [-0.2, -0.15) is 9.83 Å². The van der Waals surface area contributed by atoms with Crippen molar-refractivity contribution in [3.63, 3.8) is 0 Å². The smallest absolute Gasteiger partial charge is 0.418 e. The van der Waals surface area contributed by atoms with Gasteiger partial charge in [0.25, 0.3) is 6.33 Å². The molecule has 56 heavy (non-hydrogen) atoms. The van der Waals surface area contributed by atoms with Crippen LogP contribution in [0.1, 0.15) is 47.7 Å². The first-order valence-corrected chi connectivity index (χ1v) is 18.6. The summed E-state index contributed by atoms with van der Waals surface area (Å²) in [5.74, 6) is -2.64. The second-order valence-corrected chi connectivity index (χ2v) is 13.8. The molecule has 296 valence electrons. The Kier molecular flexibility index (Phi) is 14.4. The maximum Gasteiger partial charge on any atom is 0.418 e. The number of rotatable bonds is 13. The summed E-state index contributed by atoms with van der Waals surface area (Å²) in [4.78, 5) is 35.1. The summed E-state index contributed by atoms with van der Waals surface area (Å²) in [5.41, 5.74) is 0.000750. The van der Waals surface area contributed by atoms with Gasteiger partial charge in [0.1, 0.15) is 36.2 Å². The minimum Gasteiger partial charge on any atom is -0.726 e. The summed E-state index contributed by atoms with van der Waals surface area (Å²) in [6.45, 7) is 2.85. The summed E-state index contributed by atoms with van der Waals surface area (Å²) >= 11 is 1.25. The van der Waals surface area contributed by atoms with Crippen LogP contribution in [0.4, 0.5) is 19.4 Å². The molecule has 5 rings (SSSR count). The second kappa shape index (κ2) is 18.7. The number of carbonyl (C=O) groups excluding carboxylic acids is 2. The van der Waals surface area contributed by atoms with Crippen molar-refractivity contribution >= 4 is 39.6 Å². The third kappa shape index (κ3) is 11.4. The van der Waals surface area contributed by atoms with E-state index < -0.39 is 51.8 Å². The van der Waals surface area contributed by atoms with Crippen LogP contribution in [0.3, 0.4) is 0 Å². The fourth-order valence-electron chi connectivity index (χ4n) is 5.25. The van der Waals surface area contributed by atoms with E-state index in [4.69, 9.17) is 37.2 Å². The first-order valence-electron chi connectivity index (χ1n) is 16.4. The Morgan fingerprint density at radius 2 is 1.89 bits per heavy atom.